The van der Waals surface area contributed by atoms with Gasteiger partial charge in [0.25, 0.3) is 0 Å². The molecule has 0 saturated heterocycles. The van der Waals surface area contributed by atoms with Crippen LogP contribution in [-0.4, -0.2) is 42.7 Å². The van der Waals surface area contributed by atoms with Crippen molar-refractivity contribution in [2.45, 2.75) is 0 Å². The number of carbonyl (C=O) groups is 1. The van der Waals surface area contributed by atoms with Crippen molar-refractivity contribution in [3.8, 4) is 0 Å². The van der Waals surface area contributed by atoms with E-state index >= 15 is 0 Å². The van der Waals surface area contributed by atoms with Gasteiger partial charge in [-0.15, -0.1) is 0 Å². The van der Waals surface area contributed by atoms with Crippen LogP contribution in [0.5, 0.6) is 0 Å². The first-order valence-corrected chi connectivity index (χ1v) is 5.34. The first-order chi connectivity index (χ1) is 7.61. The number of aliphatic hydroxyl groups excluding tert-OH is 1. The Hall–Kier alpha value is -1.10. The highest BCUT2D eigenvalue weighted by atomic mass is 35.5. The third kappa shape index (κ3) is 4.61. The summed E-state index contributed by atoms with van der Waals surface area (Å²) in [5.41, 5.74) is 0.676. The summed E-state index contributed by atoms with van der Waals surface area (Å²) in [4.78, 5) is 13.3. The fraction of sp³-hybridized carbons (Fsp3) is 0.364. The summed E-state index contributed by atoms with van der Waals surface area (Å²) in [5, 5.41) is 12.0. The van der Waals surface area contributed by atoms with Crippen LogP contribution in [0.1, 0.15) is 0 Å². The molecule has 0 heterocycles. The van der Waals surface area contributed by atoms with E-state index in [0.717, 1.165) is 0 Å². The molecule has 1 rings (SSSR count). The Labute approximate surface area is 99.8 Å². The normalized spacial score (nSPS) is 10.5. The van der Waals surface area contributed by atoms with E-state index in [2.05, 4.69) is 5.32 Å². The van der Waals surface area contributed by atoms with Crippen LogP contribution in [0.25, 0.3) is 0 Å². The molecule has 0 bridgehead atoms. The maximum Gasteiger partial charge on any atom is 0.238 e. The third-order valence-electron chi connectivity index (χ3n) is 2.00. The Morgan fingerprint density at radius 3 is 2.94 bits per heavy atom. The number of hydrogen-bond donors (Lipinski definition) is 2. The summed E-state index contributed by atoms with van der Waals surface area (Å²) in [5.74, 6) is -0.127. The predicted molar refractivity (Wildman–Crippen MR) is 64.7 cm³/mol. The van der Waals surface area contributed by atoms with E-state index in [0.29, 0.717) is 17.3 Å². The summed E-state index contributed by atoms with van der Waals surface area (Å²) in [6.45, 7) is 0.761. The van der Waals surface area contributed by atoms with Gasteiger partial charge in [-0.1, -0.05) is 17.7 Å². The number of anilines is 1. The molecule has 1 aromatic carbocycles. The van der Waals surface area contributed by atoms with Gasteiger partial charge in [0.2, 0.25) is 5.91 Å². The van der Waals surface area contributed by atoms with Gasteiger partial charge in [0.15, 0.2) is 0 Å². The van der Waals surface area contributed by atoms with Crippen LogP contribution in [0.3, 0.4) is 0 Å². The Balaban J connectivity index is 2.45. The Bertz CT molecular complexity index is 358. The molecule has 0 aromatic heterocycles. The van der Waals surface area contributed by atoms with Crippen molar-refractivity contribution in [3.05, 3.63) is 29.3 Å². The zero-order chi connectivity index (χ0) is 12.0. The molecule has 2 N–H and O–H groups in total. The minimum absolute atomic E-state index is 0.0426. The fourth-order valence-corrected chi connectivity index (χ4v) is 1.45. The van der Waals surface area contributed by atoms with Crippen LogP contribution in [0.15, 0.2) is 24.3 Å². The van der Waals surface area contributed by atoms with Crippen molar-refractivity contribution < 1.29 is 9.90 Å². The van der Waals surface area contributed by atoms with E-state index in [4.69, 9.17) is 16.7 Å². The van der Waals surface area contributed by atoms with Crippen LogP contribution < -0.4 is 5.32 Å². The van der Waals surface area contributed by atoms with Gasteiger partial charge in [-0.3, -0.25) is 9.69 Å². The van der Waals surface area contributed by atoms with Gasteiger partial charge < -0.3 is 10.4 Å². The fourth-order valence-electron chi connectivity index (χ4n) is 1.26. The molecule has 0 unspecified atom stereocenters. The molecule has 1 amide bonds. The first-order valence-electron chi connectivity index (χ1n) is 4.96. The number of likely N-dealkylation sites (N-methyl/N-ethyl adjacent to an activating group) is 1. The summed E-state index contributed by atoms with van der Waals surface area (Å²) in [6.07, 6.45) is 0. The monoisotopic (exact) mass is 242 g/mol. The van der Waals surface area contributed by atoms with Crippen LogP contribution in [-0.2, 0) is 4.79 Å². The summed E-state index contributed by atoms with van der Waals surface area (Å²) in [7, 11) is 1.77. The highest BCUT2D eigenvalue weighted by Gasteiger charge is 2.06. The number of carbonyl (C=O) groups excluding carboxylic acids is 1. The minimum Gasteiger partial charge on any atom is -0.395 e. The Morgan fingerprint density at radius 1 is 1.56 bits per heavy atom. The van der Waals surface area contributed by atoms with Gasteiger partial charge in [-0.05, 0) is 25.2 Å². The maximum absolute atomic E-state index is 11.5. The molecule has 16 heavy (non-hydrogen) atoms. The first kappa shape index (κ1) is 13.0. The average molecular weight is 243 g/mol. The van der Waals surface area contributed by atoms with Gasteiger partial charge in [0.05, 0.1) is 13.2 Å². The van der Waals surface area contributed by atoms with Crippen LogP contribution in [0.2, 0.25) is 5.02 Å². The molecular formula is C11H15ClN2O2. The zero-order valence-electron chi connectivity index (χ0n) is 9.11. The molecular weight excluding hydrogens is 228 g/mol. The Kier molecular flexibility index (Phi) is 5.25. The minimum atomic E-state index is -0.127. The highest BCUT2D eigenvalue weighted by molar-refractivity contribution is 6.30. The van der Waals surface area contributed by atoms with Crippen molar-refractivity contribution in [1.82, 2.24) is 4.90 Å². The zero-order valence-corrected chi connectivity index (χ0v) is 9.87. The summed E-state index contributed by atoms with van der Waals surface area (Å²) < 4.78 is 0. The highest BCUT2D eigenvalue weighted by Crippen LogP contribution is 2.14. The molecule has 0 aliphatic carbocycles. The van der Waals surface area contributed by atoms with E-state index in [9.17, 15) is 4.79 Å². The molecule has 0 spiro atoms. The number of hydrogen-bond acceptors (Lipinski definition) is 3. The van der Waals surface area contributed by atoms with Crippen molar-refractivity contribution in [1.29, 1.82) is 0 Å². The van der Waals surface area contributed by atoms with Crippen LogP contribution in [0.4, 0.5) is 5.69 Å². The lowest BCUT2D eigenvalue weighted by Crippen LogP contribution is -2.32. The molecule has 0 radical (unpaired) electrons. The largest absolute Gasteiger partial charge is 0.395 e. The average Bonchev–Trinajstić information content (AvgIpc) is 2.17. The quantitative estimate of drug-likeness (QED) is 0.816. The van der Waals surface area contributed by atoms with Crippen molar-refractivity contribution >= 4 is 23.2 Å². The number of halogens is 1. The number of nitrogens with one attached hydrogen (secondary N) is 1. The lowest BCUT2D eigenvalue weighted by molar-refractivity contribution is -0.117. The molecule has 0 fully saturated rings. The number of amides is 1. The second-order valence-corrected chi connectivity index (χ2v) is 3.96. The number of rotatable bonds is 5. The van der Waals surface area contributed by atoms with Gasteiger partial charge in [0, 0.05) is 17.3 Å². The molecule has 0 saturated carbocycles. The smallest absolute Gasteiger partial charge is 0.238 e. The topological polar surface area (TPSA) is 52.6 Å². The third-order valence-corrected chi connectivity index (χ3v) is 2.24. The lowest BCUT2D eigenvalue weighted by atomic mass is 10.3. The van der Waals surface area contributed by atoms with E-state index in [1.54, 1.807) is 36.2 Å². The standard InChI is InChI=1S/C11H15ClN2O2/c1-14(5-6-15)8-11(16)13-10-4-2-3-9(12)7-10/h2-4,7,15H,5-6,8H2,1H3,(H,13,16). The van der Waals surface area contributed by atoms with Gasteiger partial charge in [-0.2, -0.15) is 0 Å². The van der Waals surface area contributed by atoms with E-state index < -0.39 is 0 Å². The second-order valence-electron chi connectivity index (χ2n) is 3.52. The van der Waals surface area contributed by atoms with Crippen molar-refractivity contribution in [2.75, 3.05) is 32.1 Å². The number of aliphatic hydroxyl groups is 1. The second kappa shape index (κ2) is 6.48. The Morgan fingerprint density at radius 2 is 2.31 bits per heavy atom. The molecule has 0 atom stereocenters. The maximum atomic E-state index is 11.5. The molecule has 0 aliphatic heterocycles. The molecule has 4 nitrogen and oxygen atoms in total. The number of benzene rings is 1. The van der Waals surface area contributed by atoms with Gasteiger partial charge in [0.1, 0.15) is 0 Å². The lowest BCUT2D eigenvalue weighted by Gasteiger charge is -2.14. The molecule has 1 aromatic rings. The molecule has 0 aliphatic rings. The van der Waals surface area contributed by atoms with E-state index in [1.165, 1.54) is 0 Å². The van der Waals surface area contributed by atoms with Gasteiger partial charge in [-0.25, -0.2) is 0 Å². The van der Waals surface area contributed by atoms with Crippen molar-refractivity contribution in [2.24, 2.45) is 0 Å². The number of nitrogens with zero attached hydrogens (tertiary/aromatic N) is 1. The van der Waals surface area contributed by atoms with E-state index in [-0.39, 0.29) is 19.1 Å². The van der Waals surface area contributed by atoms with Crippen LogP contribution >= 0.6 is 11.6 Å². The molecule has 88 valence electrons. The van der Waals surface area contributed by atoms with Crippen molar-refractivity contribution in [3.63, 3.8) is 0 Å². The van der Waals surface area contributed by atoms with Crippen LogP contribution in [0, 0.1) is 0 Å². The SMILES string of the molecule is CN(CCO)CC(=O)Nc1cccc(Cl)c1. The van der Waals surface area contributed by atoms with E-state index in [1.807, 2.05) is 0 Å². The summed E-state index contributed by atoms with van der Waals surface area (Å²) >= 11 is 5.79. The predicted octanol–water partition coefficient (Wildman–Crippen LogP) is 1.20. The summed E-state index contributed by atoms with van der Waals surface area (Å²) in [6, 6.07) is 6.98. The molecule has 5 heteroatoms. The van der Waals surface area contributed by atoms with Gasteiger partial charge >= 0.3 is 0 Å².